The van der Waals surface area contributed by atoms with E-state index in [1.54, 1.807) is 11.8 Å². The molecule has 0 unspecified atom stereocenters. The summed E-state index contributed by atoms with van der Waals surface area (Å²) >= 11 is 7.91. The van der Waals surface area contributed by atoms with Crippen LogP contribution >= 0.6 is 23.4 Å². The topological polar surface area (TPSA) is 64.1 Å². The van der Waals surface area contributed by atoms with Crippen LogP contribution in [0, 0.1) is 6.92 Å². The maximum atomic E-state index is 6.14. The molecule has 0 aliphatic heterocycles. The monoisotopic (exact) mass is 307 g/mol. The van der Waals surface area contributed by atoms with Gasteiger partial charge < -0.3 is 11.2 Å². The number of hydrogen-bond acceptors (Lipinski definition) is 4. The highest BCUT2D eigenvalue weighted by molar-refractivity contribution is 7.99. The minimum Gasteiger partial charge on any atom is -0.398 e. The van der Waals surface area contributed by atoms with Crippen LogP contribution < -0.4 is 17.0 Å². The van der Waals surface area contributed by atoms with Crippen LogP contribution in [0.5, 0.6) is 0 Å². The average molecular weight is 308 g/mol. The number of benzene rings is 2. The van der Waals surface area contributed by atoms with Crippen LogP contribution in [0.4, 0.5) is 11.4 Å². The van der Waals surface area contributed by atoms with E-state index in [0.717, 1.165) is 38.7 Å². The Balaban J connectivity index is 2.66. The molecule has 0 aromatic heterocycles. The van der Waals surface area contributed by atoms with Gasteiger partial charge in [0.05, 0.1) is 5.69 Å². The summed E-state index contributed by atoms with van der Waals surface area (Å²) in [6.07, 6.45) is 0. The van der Waals surface area contributed by atoms with E-state index in [4.69, 9.17) is 23.2 Å². The van der Waals surface area contributed by atoms with Gasteiger partial charge in [0.25, 0.3) is 0 Å². The van der Waals surface area contributed by atoms with Crippen molar-refractivity contribution in [1.82, 2.24) is 0 Å². The molecule has 5 N–H and O–H groups in total. The van der Waals surface area contributed by atoms with E-state index in [1.807, 2.05) is 37.3 Å². The summed E-state index contributed by atoms with van der Waals surface area (Å²) in [7, 11) is 0. The molecule has 2 aromatic rings. The number of halogens is 1. The van der Waals surface area contributed by atoms with Crippen molar-refractivity contribution in [2.45, 2.75) is 18.7 Å². The fourth-order valence-corrected chi connectivity index (χ4v) is 3.03. The number of anilines is 2. The number of nitrogen functional groups attached to an aromatic ring is 2. The van der Waals surface area contributed by atoms with Gasteiger partial charge in [0.2, 0.25) is 0 Å². The molecule has 5 heteroatoms. The molecule has 0 spiro atoms. The number of aryl methyl sites for hydroxylation is 1. The largest absolute Gasteiger partial charge is 0.398 e. The third kappa shape index (κ3) is 3.03. The van der Waals surface area contributed by atoms with Gasteiger partial charge in [-0.15, -0.1) is 11.8 Å². The van der Waals surface area contributed by atoms with Crippen molar-refractivity contribution in [2.24, 2.45) is 5.84 Å². The van der Waals surface area contributed by atoms with Gasteiger partial charge in [0, 0.05) is 21.2 Å². The average Bonchev–Trinajstić information content (AvgIpc) is 2.43. The Bertz CT molecular complexity index is 629. The van der Waals surface area contributed by atoms with Gasteiger partial charge in [-0.25, -0.2) is 0 Å². The molecule has 0 radical (unpaired) electrons. The lowest BCUT2D eigenvalue weighted by atomic mass is 10.0. The first-order valence-electron chi connectivity index (χ1n) is 6.36. The van der Waals surface area contributed by atoms with E-state index < -0.39 is 0 Å². The molecule has 0 saturated heterocycles. The Morgan fingerprint density at radius 1 is 1.20 bits per heavy atom. The summed E-state index contributed by atoms with van der Waals surface area (Å²) in [4.78, 5) is 1.16. The molecule has 0 aliphatic carbocycles. The molecule has 0 heterocycles. The first-order chi connectivity index (χ1) is 9.56. The standard InChI is InChI=1S/C15H18ClN3S/c1-3-20-15-5-4-10(16)7-12(15)11-8-13(17)9(2)6-14(11)19-18/h4-8,19H,3,17-18H2,1-2H3. The molecule has 0 saturated carbocycles. The van der Waals surface area contributed by atoms with Gasteiger partial charge in [-0.3, -0.25) is 5.84 Å². The Hall–Kier alpha value is -1.36. The molecular formula is C15H18ClN3S. The molecule has 0 bridgehead atoms. The van der Waals surface area contributed by atoms with Crippen LogP contribution in [-0.2, 0) is 0 Å². The minimum absolute atomic E-state index is 0.697. The summed E-state index contributed by atoms with van der Waals surface area (Å²) in [6, 6.07) is 9.77. The van der Waals surface area contributed by atoms with Crippen molar-refractivity contribution in [2.75, 3.05) is 16.9 Å². The predicted octanol–water partition coefficient (Wildman–Crippen LogP) is 4.30. The third-order valence-corrected chi connectivity index (χ3v) is 4.28. The van der Waals surface area contributed by atoms with Crippen molar-refractivity contribution >= 4 is 34.7 Å². The third-order valence-electron chi connectivity index (χ3n) is 3.09. The zero-order chi connectivity index (χ0) is 14.7. The van der Waals surface area contributed by atoms with Gasteiger partial charge in [-0.2, -0.15) is 0 Å². The molecule has 0 aliphatic rings. The second-order valence-electron chi connectivity index (χ2n) is 4.47. The van der Waals surface area contributed by atoms with Crippen LogP contribution in [0.2, 0.25) is 5.02 Å². The highest BCUT2D eigenvalue weighted by atomic mass is 35.5. The van der Waals surface area contributed by atoms with Gasteiger partial charge in [-0.05, 0) is 54.1 Å². The van der Waals surface area contributed by atoms with Gasteiger partial charge in [0.15, 0.2) is 0 Å². The Labute approximate surface area is 128 Å². The van der Waals surface area contributed by atoms with Crippen LogP contribution in [0.15, 0.2) is 35.2 Å². The molecule has 0 amide bonds. The Kier molecular flexibility index (Phi) is 4.81. The smallest absolute Gasteiger partial charge is 0.0568 e. The quantitative estimate of drug-likeness (QED) is 0.341. The molecule has 106 valence electrons. The molecule has 0 fully saturated rings. The Morgan fingerprint density at radius 3 is 2.60 bits per heavy atom. The summed E-state index contributed by atoms with van der Waals surface area (Å²) in [5.74, 6) is 6.63. The maximum absolute atomic E-state index is 6.14. The molecule has 0 atom stereocenters. The molecular weight excluding hydrogens is 290 g/mol. The predicted molar refractivity (Wildman–Crippen MR) is 90.2 cm³/mol. The lowest BCUT2D eigenvalue weighted by Crippen LogP contribution is -2.09. The molecule has 2 aromatic carbocycles. The fourth-order valence-electron chi connectivity index (χ4n) is 2.06. The second-order valence-corrected chi connectivity index (χ2v) is 6.21. The fraction of sp³-hybridized carbons (Fsp3) is 0.200. The van der Waals surface area contributed by atoms with E-state index >= 15 is 0 Å². The van der Waals surface area contributed by atoms with Gasteiger partial charge in [0.1, 0.15) is 0 Å². The minimum atomic E-state index is 0.697. The number of hydrogen-bond donors (Lipinski definition) is 3. The van der Waals surface area contributed by atoms with E-state index in [0.29, 0.717) is 5.02 Å². The summed E-state index contributed by atoms with van der Waals surface area (Å²) < 4.78 is 0. The number of thioether (sulfide) groups is 1. The SMILES string of the molecule is CCSc1ccc(Cl)cc1-c1cc(N)c(C)cc1NN. The first kappa shape index (κ1) is 15.0. The van der Waals surface area contributed by atoms with Crippen LogP contribution in [-0.4, -0.2) is 5.75 Å². The van der Waals surface area contributed by atoms with E-state index in [2.05, 4.69) is 12.3 Å². The number of hydrazine groups is 1. The number of nitrogens with two attached hydrogens (primary N) is 2. The first-order valence-corrected chi connectivity index (χ1v) is 7.72. The molecule has 20 heavy (non-hydrogen) atoms. The second kappa shape index (κ2) is 6.39. The van der Waals surface area contributed by atoms with E-state index in [1.165, 1.54) is 0 Å². The van der Waals surface area contributed by atoms with Gasteiger partial charge >= 0.3 is 0 Å². The zero-order valence-electron chi connectivity index (χ0n) is 11.5. The summed E-state index contributed by atoms with van der Waals surface area (Å²) in [6.45, 7) is 4.08. The highest BCUT2D eigenvalue weighted by Crippen LogP contribution is 2.39. The van der Waals surface area contributed by atoms with Crippen LogP contribution in [0.3, 0.4) is 0 Å². The normalized spacial score (nSPS) is 10.6. The van der Waals surface area contributed by atoms with Crippen molar-refractivity contribution in [3.8, 4) is 11.1 Å². The van der Waals surface area contributed by atoms with E-state index in [9.17, 15) is 0 Å². The van der Waals surface area contributed by atoms with Crippen molar-refractivity contribution in [3.63, 3.8) is 0 Å². The van der Waals surface area contributed by atoms with Crippen molar-refractivity contribution in [3.05, 3.63) is 40.9 Å². The highest BCUT2D eigenvalue weighted by Gasteiger charge is 2.12. The number of nitrogens with one attached hydrogen (secondary N) is 1. The van der Waals surface area contributed by atoms with Crippen LogP contribution in [0.25, 0.3) is 11.1 Å². The summed E-state index contributed by atoms with van der Waals surface area (Å²) in [5.41, 5.74) is 13.4. The Morgan fingerprint density at radius 2 is 1.95 bits per heavy atom. The number of rotatable bonds is 4. The van der Waals surface area contributed by atoms with Crippen molar-refractivity contribution < 1.29 is 0 Å². The molecule has 3 nitrogen and oxygen atoms in total. The lowest BCUT2D eigenvalue weighted by Gasteiger charge is -2.15. The van der Waals surface area contributed by atoms with Gasteiger partial charge in [-0.1, -0.05) is 18.5 Å². The lowest BCUT2D eigenvalue weighted by molar-refractivity contribution is 1.32. The maximum Gasteiger partial charge on any atom is 0.0568 e. The van der Waals surface area contributed by atoms with Crippen LogP contribution in [0.1, 0.15) is 12.5 Å². The summed E-state index contributed by atoms with van der Waals surface area (Å²) in [5, 5.41) is 0.697. The molecule has 2 rings (SSSR count). The zero-order valence-corrected chi connectivity index (χ0v) is 13.1. The van der Waals surface area contributed by atoms with Crippen molar-refractivity contribution in [1.29, 1.82) is 0 Å². The van der Waals surface area contributed by atoms with E-state index in [-0.39, 0.29) is 0 Å².